The number of nitrogens with one attached hydrogen (secondary N) is 1. The van der Waals surface area contributed by atoms with Crippen LogP contribution in [0.5, 0.6) is 0 Å². The highest BCUT2D eigenvalue weighted by atomic mass is 32.2. The lowest BCUT2D eigenvalue weighted by molar-refractivity contribution is 0.127. The summed E-state index contributed by atoms with van der Waals surface area (Å²) in [5.74, 6) is 0.179. The van der Waals surface area contributed by atoms with Crippen LogP contribution >= 0.6 is 0 Å². The van der Waals surface area contributed by atoms with Crippen molar-refractivity contribution in [2.45, 2.75) is 63.9 Å². The maximum Gasteiger partial charge on any atom is 0.156 e. The molecule has 0 bridgehead atoms. The summed E-state index contributed by atoms with van der Waals surface area (Å²) in [7, 11) is -3.07. The topological polar surface area (TPSA) is 55.4 Å². The minimum absolute atomic E-state index is 0.0522. The van der Waals surface area contributed by atoms with Crippen molar-refractivity contribution in [2.75, 3.05) is 18.9 Å². The molecule has 0 radical (unpaired) electrons. The molecular weight excluding hydrogens is 250 g/mol. The molecule has 1 rings (SSSR count). The van der Waals surface area contributed by atoms with Gasteiger partial charge in [-0.05, 0) is 39.2 Å². The molecule has 1 N–H and O–H groups in total. The van der Waals surface area contributed by atoms with Crippen molar-refractivity contribution in [1.29, 1.82) is 0 Å². The number of hydrogen-bond acceptors (Lipinski definition) is 4. The first-order valence-corrected chi connectivity index (χ1v) is 8.79. The highest BCUT2D eigenvalue weighted by Crippen LogP contribution is 2.18. The van der Waals surface area contributed by atoms with Gasteiger partial charge in [0.05, 0.1) is 17.1 Å². The zero-order valence-corrected chi connectivity index (χ0v) is 12.6. The normalized spacial score (nSPS) is 24.1. The van der Waals surface area contributed by atoms with Crippen LogP contribution in [0.4, 0.5) is 0 Å². The van der Waals surface area contributed by atoms with Gasteiger partial charge in [0.1, 0.15) is 0 Å². The van der Waals surface area contributed by atoms with Crippen molar-refractivity contribution in [3.63, 3.8) is 0 Å². The van der Waals surface area contributed by atoms with Gasteiger partial charge in [0, 0.05) is 12.6 Å². The lowest BCUT2D eigenvalue weighted by atomic mass is 10.1. The number of sulfone groups is 1. The molecule has 0 saturated carbocycles. The third-order valence-corrected chi connectivity index (χ3v) is 5.97. The van der Waals surface area contributed by atoms with Crippen molar-refractivity contribution in [3.8, 4) is 0 Å². The molecule has 1 heterocycles. The molecule has 3 atom stereocenters. The monoisotopic (exact) mass is 277 g/mol. The maximum absolute atomic E-state index is 12.3. The van der Waals surface area contributed by atoms with E-state index in [0.717, 1.165) is 32.2 Å². The number of rotatable bonds is 8. The van der Waals surface area contributed by atoms with Crippen LogP contribution in [-0.2, 0) is 14.6 Å². The Kier molecular flexibility index (Phi) is 6.60. The van der Waals surface area contributed by atoms with Gasteiger partial charge in [-0.2, -0.15) is 0 Å². The average Bonchev–Trinajstić information content (AvgIpc) is 2.81. The first-order chi connectivity index (χ1) is 8.51. The van der Waals surface area contributed by atoms with Crippen LogP contribution in [0, 0.1) is 0 Å². The van der Waals surface area contributed by atoms with Crippen molar-refractivity contribution >= 4 is 9.84 Å². The second kappa shape index (κ2) is 7.46. The van der Waals surface area contributed by atoms with Gasteiger partial charge in [-0.15, -0.1) is 0 Å². The van der Waals surface area contributed by atoms with Crippen LogP contribution in [0.1, 0.15) is 46.5 Å². The van der Waals surface area contributed by atoms with E-state index in [9.17, 15) is 8.42 Å². The summed E-state index contributed by atoms with van der Waals surface area (Å²) in [5, 5.41) is 2.99. The third-order valence-electron chi connectivity index (χ3n) is 3.67. The summed E-state index contributed by atoms with van der Waals surface area (Å²) in [6.07, 6.45) is 3.65. The summed E-state index contributed by atoms with van der Waals surface area (Å²) in [6.45, 7) is 7.52. The van der Waals surface area contributed by atoms with E-state index < -0.39 is 9.84 Å². The molecule has 0 aliphatic carbocycles. The van der Waals surface area contributed by atoms with E-state index in [4.69, 9.17) is 4.74 Å². The molecule has 0 aromatic heterocycles. The molecule has 5 heteroatoms. The van der Waals surface area contributed by atoms with E-state index in [1.807, 2.05) is 13.8 Å². The van der Waals surface area contributed by atoms with E-state index >= 15 is 0 Å². The molecular formula is C13H27NO3S. The molecule has 0 aromatic carbocycles. The Morgan fingerprint density at radius 3 is 2.61 bits per heavy atom. The summed E-state index contributed by atoms with van der Waals surface area (Å²) in [6, 6.07) is 0.0522. The zero-order valence-electron chi connectivity index (χ0n) is 11.8. The molecule has 1 saturated heterocycles. The fraction of sp³-hybridized carbons (Fsp3) is 1.00. The molecule has 0 spiro atoms. The molecule has 0 amide bonds. The van der Waals surface area contributed by atoms with Gasteiger partial charge in [-0.1, -0.05) is 13.8 Å². The van der Waals surface area contributed by atoms with Crippen LogP contribution in [0.25, 0.3) is 0 Å². The standard InChI is InChI=1S/C13H27NO3S/c1-4-8-14-13(5-2)11(3)18(15,16)10-12-7-6-9-17-12/h11-14H,4-10H2,1-3H3. The van der Waals surface area contributed by atoms with E-state index in [-0.39, 0.29) is 23.1 Å². The van der Waals surface area contributed by atoms with Gasteiger partial charge in [-0.25, -0.2) is 8.42 Å². The summed E-state index contributed by atoms with van der Waals surface area (Å²) in [5.41, 5.74) is 0. The molecule has 1 aliphatic rings. The molecule has 108 valence electrons. The maximum atomic E-state index is 12.3. The second-order valence-corrected chi connectivity index (χ2v) is 7.54. The summed E-state index contributed by atoms with van der Waals surface area (Å²) in [4.78, 5) is 0. The molecule has 0 aromatic rings. The van der Waals surface area contributed by atoms with Gasteiger partial charge >= 0.3 is 0 Å². The largest absolute Gasteiger partial charge is 0.377 e. The second-order valence-electron chi connectivity index (χ2n) is 5.14. The Morgan fingerprint density at radius 1 is 1.39 bits per heavy atom. The van der Waals surface area contributed by atoms with Gasteiger partial charge in [0.2, 0.25) is 0 Å². The van der Waals surface area contributed by atoms with Crippen LogP contribution in [0.2, 0.25) is 0 Å². The molecule has 1 aliphatic heterocycles. The van der Waals surface area contributed by atoms with Crippen molar-refractivity contribution < 1.29 is 13.2 Å². The first kappa shape index (κ1) is 15.9. The lowest BCUT2D eigenvalue weighted by Gasteiger charge is -2.25. The highest BCUT2D eigenvalue weighted by Gasteiger charge is 2.31. The number of ether oxygens (including phenoxy) is 1. The Hall–Kier alpha value is -0.130. The Bertz CT molecular complexity index is 323. The van der Waals surface area contributed by atoms with Crippen LogP contribution in [-0.4, -0.2) is 44.7 Å². The van der Waals surface area contributed by atoms with Crippen LogP contribution in [0.3, 0.4) is 0 Å². The van der Waals surface area contributed by atoms with Crippen molar-refractivity contribution in [3.05, 3.63) is 0 Å². The predicted octanol–water partition coefficient (Wildman–Crippen LogP) is 1.75. The lowest BCUT2D eigenvalue weighted by Crippen LogP contribution is -2.44. The minimum atomic E-state index is -3.07. The van der Waals surface area contributed by atoms with Gasteiger partial charge in [0.25, 0.3) is 0 Å². The fourth-order valence-electron chi connectivity index (χ4n) is 2.41. The van der Waals surface area contributed by atoms with Crippen molar-refractivity contribution in [2.24, 2.45) is 0 Å². The van der Waals surface area contributed by atoms with E-state index in [0.29, 0.717) is 6.61 Å². The number of hydrogen-bond donors (Lipinski definition) is 1. The Morgan fingerprint density at radius 2 is 2.11 bits per heavy atom. The molecule has 4 nitrogen and oxygen atoms in total. The highest BCUT2D eigenvalue weighted by molar-refractivity contribution is 7.92. The molecule has 3 unspecified atom stereocenters. The Labute approximate surface area is 111 Å². The summed E-state index contributed by atoms with van der Waals surface area (Å²) < 4.78 is 30.1. The quantitative estimate of drug-likeness (QED) is 0.734. The van der Waals surface area contributed by atoms with Gasteiger partial charge in [0.15, 0.2) is 9.84 Å². The van der Waals surface area contributed by atoms with Gasteiger partial charge < -0.3 is 10.1 Å². The van der Waals surface area contributed by atoms with Crippen LogP contribution < -0.4 is 5.32 Å². The molecule has 1 fully saturated rings. The van der Waals surface area contributed by atoms with Crippen LogP contribution in [0.15, 0.2) is 0 Å². The van der Waals surface area contributed by atoms with E-state index in [1.165, 1.54) is 0 Å². The smallest absolute Gasteiger partial charge is 0.156 e. The Balaban J connectivity index is 2.57. The van der Waals surface area contributed by atoms with Gasteiger partial charge in [-0.3, -0.25) is 0 Å². The third kappa shape index (κ3) is 4.52. The van der Waals surface area contributed by atoms with E-state index in [1.54, 1.807) is 0 Å². The average molecular weight is 277 g/mol. The summed E-state index contributed by atoms with van der Waals surface area (Å²) >= 11 is 0. The van der Waals surface area contributed by atoms with E-state index in [2.05, 4.69) is 12.2 Å². The fourth-order valence-corrected chi connectivity index (χ4v) is 4.28. The predicted molar refractivity (Wildman–Crippen MR) is 74.6 cm³/mol. The molecule has 18 heavy (non-hydrogen) atoms. The zero-order chi connectivity index (χ0) is 13.6. The minimum Gasteiger partial charge on any atom is -0.377 e. The van der Waals surface area contributed by atoms with Crippen molar-refractivity contribution in [1.82, 2.24) is 5.32 Å². The first-order valence-electron chi connectivity index (χ1n) is 7.07. The SMILES string of the molecule is CCCNC(CC)C(C)S(=O)(=O)CC1CCCO1.